The lowest BCUT2D eigenvalue weighted by molar-refractivity contribution is -0.141. The molecule has 2 aromatic carbocycles. The second kappa shape index (κ2) is 9.48. The number of methoxy groups -OCH3 is 1. The number of azo groups is 1. The Morgan fingerprint density at radius 1 is 1.13 bits per heavy atom. The van der Waals surface area contributed by atoms with Crippen molar-refractivity contribution in [3.63, 3.8) is 0 Å². The van der Waals surface area contributed by atoms with E-state index >= 15 is 0 Å². The topological polar surface area (TPSA) is 133 Å². The van der Waals surface area contributed by atoms with E-state index in [0.717, 1.165) is 3.57 Å². The third-order valence-corrected chi connectivity index (χ3v) is 4.83. The molecule has 0 spiro atoms. The number of benzene rings is 2. The number of anilines is 1. The number of nitrogens with zero attached hydrogens (tertiary/aromatic N) is 2. The van der Waals surface area contributed by atoms with Crippen molar-refractivity contribution in [1.82, 2.24) is 4.98 Å². The van der Waals surface area contributed by atoms with Crippen molar-refractivity contribution in [2.45, 2.75) is 12.8 Å². The highest BCUT2D eigenvalue weighted by molar-refractivity contribution is 14.1. The third-order valence-electron chi connectivity index (χ3n) is 4.15. The summed E-state index contributed by atoms with van der Waals surface area (Å²) in [5.74, 6) is -1.58. The summed E-state index contributed by atoms with van der Waals surface area (Å²) in [6.07, 6.45) is -0.0202. The molecule has 3 N–H and O–H groups in total. The Morgan fingerprint density at radius 3 is 2.57 bits per heavy atom. The summed E-state index contributed by atoms with van der Waals surface area (Å²) >= 11 is 2.14. The first-order valence-corrected chi connectivity index (χ1v) is 9.88. The van der Waals surface area contributed by atoms with Gasteiger partial charge in [0.15, 0.2) is 5.69 Å². The normalized spacial score (nSPS) is 11.0. The minimum atomic E-state index is -0.599. The van der Waals surface area contributed by atoms with Gasteiger partial charge in [-0.1, -0.05) is 0 Å². The number of carbonyl (C=O) groups excluding carboxylic acids is 3. The quantitative estimate of drug-likeness (QED) is 0.253. The van der Waals surface area contributed by atoms with E-state index in [1.807, 2.05) is 12.1 Å². The number of amides is 2. The van der Waals surface area contributed by atoms with Gasteiger partial charge in [-0.25, -0.2) is 0 Å². The van der Waals surface area contributed by atoms with E-state index in [0.29, 0.717) is 16.6 Å². The van der Waals surface area contributed by atoms with Crippen molar-refractivity contribution < 1.29 is 24.2 Å². The van der Waals surface area contributed by atoms with Crippen LogP contribution in [0.2, 0.25) is 0 Å². The number of nitrogens with one attached hydrogen (secondary N) is 2. The molecule has 154 valence electrons. The molecule has 0 atom stereocenters. The minimum absolute atomic E-state index is 0.00534. The predicted octanol–water partition coefficient (Wildman–Crippen LogP) is 4.29. The molecule has 0 aliphatic heterocycles. The SMILES string of the molecule is COC(=O)CCC(=O)Nc1ccc(C(=O)N=Nc2c(O)[nH]c3ccc(I)cc23)cc1. The molecule has 10 heteroatoms. The van der Waals surface area contributed by atoms with Gasteiger partial charge in [0.05, 0.1) is 19.0 Å². The highest BCUT2D eigenvalue weighted by atomic mass is 127. The Balaban J connectivity index is 1.66. The van der Waals surface area contributed by atoms with Crippen LogP contribution in [0.3, 0.4) is 0 Å². The lowest BCUT2D eigenvalue weighted by Crippen LogP contribution is -2.14. The van der Waals surface area contributed by atoms with Gasteiger partial charge >= 0.3 is 5.97 Å². The summed E-state index contributed by atoms with van der Waals surface area (Å²) in [7, 11) is 1.26. The van der Waals surface area contributed by atoms with E-state index in [1.165, 1.54) is 19.2 Å². The number of fused-ring (bicyclic) bond motifs is 1. The summed E-state index contributed by atoms with van der Waals surface area (Å²) in [4.78, 5) is 38.0. The van der Waals surface area contributed by atoms with E-state index in [9.17, 15) is 19.5 Å². The van der Waals surface area contributed by atoms with Gasteiger partial charge in [-0.05, 0) is 65.1 Å². The minimum Gasteiger partial charge on any atom is -0.493 e. The van der Waals surface area contributed by atoms with E-state index in [4.69, 9.17) is 0 Å². The van der Waals surface area contributed by atoms with Crippen molar-refractivity contribution in [2.24, 2.45) is 10.2 Å². The zero-order valence-corrected chi connectivity index (χ0v) is 18.0. The van der Waals surface area contributed by atoms with Gasteiger partial charge in [0, 0.05) is 26.6 Å². The van der Waals surface area contributed by atoms with Crippen LogP contribution in [0, 0.1) is 3.57 Å². The molecule has 1 aromatic heterocycles. The lowest BCUT2D eigenvalue weighted by atomic mass is 10.2. The molecular weight excluding hydrogens is 503 g/mol. The highest BCUT2D eigenvalue weighted by Crippen LogP contribution is 2.36. The summed E-state index contributed by atoms with van der Waals surface area (Å²) in [5, 5.41) is 20.9. The summed E-state index contributed by atoms with van der Waals surface area (Å²) in [5.41, 5.74) is 1.61. The second-order valence-corrected chi connectivity index (χ2v) is 7.46. The number of hydrogen-bond donors (Lipinski definition) is 3. The molecule has 3 aromatic rings. The third kappa shape index (κ3) is 5.20. The number of ether oxygens (including phenoxy) is 1. The van der Waals surface area contributed by atoms with Crippen LogP contribution in [0.5, 0.6) is 5.88 Å². The van der Waals surface area contributed by atoms with Gasteiger partial charge in [-0.3, -0.25) is 14.4 Å². The van der Waals surface area contributed by atoms with Crippen LogP contribution < -0.4 is 5.32 Å². The average Bonchev–Trinajstić information content (AvgIpc) is 3.05. The van der Waals surface area contributed by atoms with Crippen LogP contribution in [0.25, 0.3) is 10.9 Å². The van der Waals surface area contributed by atoms with Crippen LogP contribution >= 0.6 is 22.6 Å². The van der Waals surface area contributed by atoms with Gasteiger partial charge in [0.2, 0.25) is 11.8 Å². The Bertz CT molecular complexity index is 1140. The molecule has 0 aliphatic carbocycles. The van der Waals surface area contributed by atoms with Gasteiger partial charge in [0.25, 0.3) is 5.91 Å². The molecule has 3 rings (SSSR count). The number of rotatable bonds is 6. The number of aromatic amines is 1. The fourth-order valence-electron chi connectivity index (χ4n) is 2.63. The van der Waals surface area contributed by atoms with Crippen molar-refractivity contribution in [3.8, 4) is 5.88 Å². The smallest absolute Gasteiger partial charge is 0.306 e. The second-order valence-electron chi connectivity index (χ2n) is 6.22. The first kappa shape index (κ1) is 21.4. The van der Waals surface area contributed by atoms with Crippen LogP contribution in [-0.4, -0.2) is 35.0 Å². The predicted molar refractivity (Wildman–Crippen MR) is 118 cm³/mol. The molecule has 1 heterocycles. The molecule has 30 heavy (non-hydrogen) atoms. The molecule has 9 nitrogen and oxygen atoms in total. The molecule has 2 amide bonds. The Morgan fingerprint density at radius 2 is 1.87 bits per heavy atom. The summed E-state index contributed by atoms with van der Waals surface area (Å²) in [6, 6.07) is 11.6. The number of aromatic hydroxyl groups is 1. The van der Waals surface area contributed by atoms with Crippen molar-refractivity contribution >= 4 is 62.7 Å². The first-order chi connectivity index (χ1) is 14.4. The summed E-state index contributed by atoms with van der Waals surface area (Å²) < 4.78 is 5.44. The average molecular weight is 520 g/mol. The zero-order chi connectivity index (χ0) is 21.7. The zero-order valence-electron chi connectivity index (χ0n) is 15.8. The highest BCUT2D eigenvalue weighted by Gasteiger charge is 2.12. The molecule has 0 fully saturated rings. The molecular formula is C20H17IN4O5. The fraction of sp³-hybridized carbons (Fsp3) is 0.150. The molecule has 0 radical (unpaired) electrons. The number of esters is 1. The Hall–Kier alpha value is -3.28. The van der Waals surface area contributed by atoms with Crippen LogP contribution in [0.4, 0.5) is 11.4 Å². The molecule has 0 bridgehead atoms. The van der Waals surface area contributed by atoms with E-state index < -0.39 is 11.9 Å². The van der Waals surface area contributed by atoms with Crippen LogP contribution in [0.15, 0.2) is 52.7 Å². The van der Waals surface area contributed by atoms with E-state index in [-0.39, 0.29) is 35.9 Å². The molecule has 0 saturated heterocycles. The largest absolute Gasteiger partial charge is 0.493 e. The maximum atomic E-state index is 12.3. The maximum absolute atomic E-state index is 12.3. The maximum Gasteiger partial charge on any atom is 0.306 e. The van der Waals surface area contributed by atoms with Crippen molar-refractivity contribution in [1.29, 1.82) is 0 Å². The monoisotopic (exact) mass is 520 g/mol. The Labute approximate surface area is 184 Å². The van der Waals surface area contributed by atoms with Gasteiger partial charge in [-0.2, -0.15) is 0 Å². The van der Waals surface area contributed by atoms with Crippen LogP contribution in [-0.2, 0) is 14.3 Å². The first-order valence-electron chi connectivity index (χ1n) is 8.80. The number of aromatic nitrogens is 1. The Kier molecular flexibility index (Phi) is 6.77. The van der Waals surface area contributed by atoms with Crippen molar-refractivity contribution in [2.75, 3.05) is 12.4 Å². The number of halogens is 1. The number of H-pyrrole nitrogens is 1. The molecule has 0 unspecified atom stereocenters. The standard InChI is InChI=1S/C20H17IN4O5/c1-30-17(27)9-8-16(26)22-13-5-2-11(3-6-13)19(28)25-24-18-14-10-12(21)4-7-15(14)23-20(18)29/h2-7,10,23,29H,8-9H2,1H3,(H,22,26). The van der Waals surface area contributed by atoms with Gasteiger partial charge in [0.1, 0.15) is 0 Å². The fourth-order valence-corrected chi connectivity index (χ4v) is 3.12. The lowest BCUT2D eigenvalue weighted by Gasteiger charge is -2.05. The number of hydrogen-bond acceptors (Lipinski definition) is 6. The van der Waals surface area contributed by atoms with E-state index in [2.05, 4.69) is 47.9 Å². The molecule has 0 saturated carbocycles. The van der Waals surface area contributed by atoms with Gasteiger partial charge in [-0.15, -0.1) is 10.2 Å². The molecule has 0 aliphatic rings. The number of carbonyl (C=O) groups is 3. The van der Waals surface area contributed by atoms with Gasteiger partial charge < -0.3 is 20.1 Å². The summed E-state index contributed by atoms with van der Waals surface area (Å²) in [6.45, 7) is 0. The van der Waals surface area contributed by atoms with Crippen LogP contribution in [0.1, 0.15) is 23.2 Å². The van der Waals surface area contributed by atoms with E-state index in [1.54, 1.807) is 18.2 Å². The van der Waals surface area contributed by atoms with Crippen molar-refractivity contribution in [3.05, 3.63) is 51.6 Å².